The molecule has 1 aromatic heterocycles. The predicted molar refractivity (Wildman–Crippen MR) is 57.3 cm³/mol. The van der Waals surface area contributed by atoms with E-state index in [2.05, 4.69) is 4.98 Å². The maximum absolute atomic E-state index is 5.58. The molecule has 0 aliphatic heterocycles. The molecule has 1 heterocycles. The van der Waals surface area contributed by atoms with E-state index in [0.717, 1.165) is 11.5 Å². The molecular weight excluding hydrogens is 190 g/mol. The van der Waals surface area contributed by atoms with E-state index in [1.165, 1.54) is 0 Å². The van der Waals surface area contributed by atoms with Gasteiger partial charge in [-0.3, -0.25) is 4.98 Å². The van der Waals surface area contributed by atoms with Crippen LogP contribution in [0.3, 0.4) is 0 Å². The maximum Gasteiger partial charge on any atom is 0.145 e. The number of hydrogen-bond donors (Lipinski definition) is 0. The van der Waals surface area contributed by atoms with Crippen LogP contribution in [0.15, 0.2) is 48.8 Å². The minimum Gasteiger partial charge on any atom is -0.497 e. The van der Waals surface area contributed by atoms with Gasteiger partial charge in [-0.2, -0.15) is 0 Å². The Kier molecular flexibility index (Phi) is 2.83. The van der Waals surface area contributed by atoms with E-state index in [1.807, 2.05) is 36.4 Å². The first-order valence-corrected chi connectivity index (χ1v) is 4.60. The maximum atomic E-state index is 5.58. The van der Waals surface area contributed by atoms with Crippen LogP contribution in [-0.4, -0.2) is 12.1 Å². The third kappa shape index (κ3) is 2.47. The number of aromatic nitrogens is 1. The highest BCUT2D eigenvalue weighted by molar-refractivity contribution is 5.35. The molecule has 2 rings (SSSR count). The molecule has 0 amide bonds. The molecule has 0 saturated heterocycles. The van der Waals surface area contributed by atoms with Gasteiger partial charge in [0.2, 0.25) is 0 Å². The largest absolute Gasteiger partial charge is 0.497 e. The summed E-state index contributed by atoms with van der Waals surface area (Å²) in [4.78, 5) is 3.97. The fourth-order valence-electron chi connectivity index (χ4n) is 1.21. The quantitative estimate of drug-likeness (QED) is 0.765. The van der Waals surface area contributed by atoms with Crippen LogP contribution in [0.5, 0.6) is 17.2 Å². The van der Waals surface area contributed by atoms with Gasteiger partial charge in [-0.25, -0.2) is 0 Å². The monoisotopic (exact) mass is 201 g/mol. The third-order valence-corrected chi connectivity index (χ3v) is 1.91. The van der Waals surface area contributed by atoms with Crippen LogP contribution >= 0.6 is 0 Å². The molecule has 0 fully saturated rings. The fraction of sp³-hybridized carbons (Fsp3) is 0.0833. The molecule has 3 heteroatoms. The Morgan fingerprint density at radius 2 is 1.80 bits per heavy atom. The average Bonchev–Trinajstić information content (AvgIpc) is 2.31. The summed E-state index contributed by atoms with van der Waals surface area (Å²) >= 11 is 0. The summed E-state index contributed by atoms with van der Waals surface area (Å²) in [5.41, 5.74) is 0. The molecule has 0 aliphatic rings. The van der Waals surface area contributed by atoms with Crippen molar-refractivity contribution in [1.82, 2.24) is 4.98 Å². The standard InChI is InChI=1S/C12H11NO2/c1-14-10-4-2-5-11(8-10)15-12-6-3-7-13-9-12/h2-9H,1H3. The molecule has 0 bridgehead atoms. The highest BCUT2D eigenvalue weighted by Crippen LogP contribution is 2.23. The van der Waals surface area contributed by atoms with Gasteiger partial charge in [0.25, 0.3) is 0 Å². The fourth-order valence-corrected chi connectivity index (χ4v) is 1.21. The van der Waals surface area contributed by atoms with Crippen molar-refractivity contribution < 1.29 is 9.47 Å². The van der Waals surface area contributed by atoms with Gasteiger partial charge in [0.05, 0.1) is 13.3 Å². The van der Waals surface area contributed by atoms with Crippen molar-refractivity contribution >= 4 is 0 Å². The van der Waals surface area contributed by atoms with E-state index in [4.69, 9.17) is 9.47 Å². The van der Waals surface area contributed by atoms with Crippen LogP contribution < -0.4 is 9.47 Å². The zero-order chi connectivity index (χ0) is 10.5. The van der Waals surface area contributed by atoms with E-state index in [-0.39, 0.29) is 0 Å². The second-order valence-corrected chi connectivity index (χ2v) is 2.97. The van der Waals surface area contributed by atoms with Gasteiger partial charge in [-0.05, 0) is 24.3 Å². The number of nitrogens with zero attached hydrogens (tertiary/aromatic N) is 1. The molecule has 3 nitrogen and oxygen atoms in total. The van der Waals surface area contributed by atoms with Crippen molar-refractivity contribution in [3.05, 3.63) is 48.8 Å². The van der Waals surface area contributed by atoms with E-state index in [0.29, 0.717) is 5.75 Å². The lowest BCUT2D eigenvalue weighted by Crippen LogP contribution is -1.86. The van der Waals surface area contributed by atoms with Gasteiger partial charge in [0.1, 0.15) is 17.2 Å². The molecule has 0 atom stereocenters. The Hall–Kier alpha value is -2.03. The predicted octanol–water partition coefficient (Wildman–Crippen LogP) is 2.88. The molecule has 0 radical (unpaired) electrons. The second kappa shape index (κ2) is 4.46. The third-order valence-electron chi connectivity index (χ3n) is 1.91. The number of hydrogen-bond acceptors (Lipinski definition) is 3. The van der Waals surface area contributed by atoms with Crippen molar-refractivity contribution in [2.75, 3.05) is 7.11 Å². The Balaban J connectivity index is 2.17. The zero-order valence-corrected chi connectivity index (χ0v) is 8.38. The minimum atomic E-state index is 0.714. The second-order valence-electron chi connectivity index (χ2n) is 2.97. The van der Waals surface area contributed by atoms with Crippen molar-refractivity contribution in [2.24, 2.45) is 0 Å². The molecular formula is C12H11NO2. The van der Waals surface area contributed by atoms with Crippen LogP contribution in [0, 0.1) is 0 Å². The molecule has 0 unspecified atom stereocenters. The number of benzene rings is 1. The first-order chi connectivity index (χ1) is 7.38. The first-order valence-electron chi connectivity index (χ1n) is 4.60. The first kappa shape index (κ1) is 9.52. The summed E-state index contributed by atoms with van der Waals surface area (Å²) in [7, 11) is 1.63. The van der Waals surface area contributed by atoms with E-state index in [1.54, 1.807) is 19.5 Å². The average molecular weight is 201 g/mol. The lowest BCUT2D eigenvalue weighted by Gasteiger charge is -2.06. The number of rotatable bonds is 3. The number of methoxy groups -OCH3 is 1. The normalized spacial score (nSPS) is 9.67. The van der Waals surface area contributed by atoms with Gasteiger partial charge >= 0.3 is 0 Å². The van der Waals surface area contributed by atoms with Gasteiger partial charge in [-0.15, -0.1) is 0 Å². The van der Waals surface area contributed by atoms with Crippen molar-refractivity contribution in [3.8, 4) is 17.2 Å². The van der Waals surface area contributed by atoms with Crippen molar-refractivity contribution in [3.63, 3.8) is 0 Å². The SMILES string of the molecule is COc1cccc(Oc2cccnc2)c1. The van der Waals surface area contributed by atoms with Crippen molar-refractivity contribution in [1.29, 1.82) is 0 Å². The van der Waals surface area contributed by atoms with Gasteiger partial charge in [-0.1, -0.05) is 6.07 Å². The van der Waals surface area contributed by atoms with Crippen LogP contribution in [0.25, 0.3) is 0 Å². The summed E-state index contributed by atoms with van der Waals surface area (Å²) in [6.45, 7) is 0. The van der Waals surface area contributed by atoms with Crippen LogP contribution in [0.2, 0.25) is 0 Å². The molecule has 2 aromatic rings. The molecule has 76 valence electrons. The van der Waals surface area contributed by atoms with Gasteiger partial charge in [0.15, 0.2) is 0 Å². The Labute approximate surface area is 88.3 Å². The van der Waals surface area contributed by atoms with E-state index < -0.39 is 0 Å². The molecule has 0 spiro atoms. The highest BCUT2D eigenvalue weighted by Gasteiger charge is 1.98. The Bertz CT molecular complexity index is 429. The Morgan fingerprint density at radius 1 is 1.00 bits per heavy atom. The lowest BCUT2D eigenvalue weighted by molar-refractivity contribution is 0.409. The van der Waals surface area contributed by atoms with Crippen LogP contribution in [0.4, 0.5) is 0 Å². The smallest absolute Gasteiger partial charge is 0.145 e. The molecule has 0 saturated carbocycles. The van der Waals surface area contributed by atoms with Gasteiger partial charge < -0.3 is 9.47 Å². The number of ether oxygens (including phenoxy) is 2. The van der Waals surface area contributed by atoms with Crippen LogP contribution in [-0.2, 0) is 0 Å². The highest BCUT2D eigenvalue weighted by atomic mass is 16.5. The van der Waals surface area contributed by atoms with E-state index in [9.17, 15) is 0 Å². The summed E-state index contributed by atoms with van der Waals surface area (Å²) in [6, 6.07) is 11.1. The summed E-state index contributed by atoms with van der Waals surface area (Å²) in [6.07, 6.45) is 3.37. The van der Waals surface area contributed by atoms with Crippen LogP contribution in [0.1, 0.15) is 0 Å². The number of pyridine rings is 1. The van der Waals surface area contributed by atoms with E-state index >= 15 is 0 Å². The lowest BCUT2D eigenvalue weighted by atomic mass is 10.3. The van der Waals surface area contributed by atoms with Gasteiger partial charge in [0, 0.05) is 12.3 Å². The van der Waals surface area contributed by atoms with Crippen molar-refractivity contribution in [2.45, 2.75) is 0 Å². The summed E-state index contributed by atoms with van der Waals surface area (Å²) < 4.78 is 10.7. The topological polar surface area (TPSA) is 31.4 Å². The Morgan fingerprint density at radius 3 is 2.53 bits per heavy atom. The summed E-state index contributed by atoms with van der Waals surface area (Å²) in [5, 5.41) is 0. The molecule has 0 N–H and O–H groups in total. The zero-order valence-electron chi connectivity index (χ0n) is 8.38. The molecule has 1 aromatic carbocycles. The molecule has 0 aliphatic carbocycles. The summed E-state index contributed by atoms with van der Waals surface area (Å²) in [5.74, 6) is 2.23. The minimum absolute atomic E-state index is 0.714. The molecule has 15 heavy (non-hydrogen) atoms.